The maximum Gasteiger partial charge on any atom is 0.262 e. The number of amides is 1. The molecule has 6 heteroatoms. The number of para-hydroxylation sites is 2. The second kappa shape index (κ2) is 7.20. The smallest absolute Gasteiger partial charge is 0.262 e. The average Bonchev–Trinajstić information content (AvgIpc) is 2.49. The molecule has 0 unspecified atom stereocenters. The van der Waals surface area contributed by atoms with Gasteiger partial charge in [0.1, 0.15) is 0 Å². The molecule has 4 nitrogen and oxygen atoms in total. The molecule has 1 amide bonds. The van der Waals surface area contributed by atoms with Crippen LogP contribution >= 0.6 is 23.2 Å². The largest absolute Gasteiger partial charge is 0.493 e. The molecule has 0 heterocycles. The van der Waals surface area contributed by atoms with Gasteiger partial charge in [0.15, 0.2) is 18.1 Å². The zero-order valence-electron chi connectivity index (χ0n) is 11.2. The van der Waals surface area contributed by atoms with Crippen LogP contribution in [0.1, 0.15) is 0 Å². The van der Waals surface area contributed by atoms with Crippen LogP contribution in [0.25, 0.3) is 0 Å². The van der Waals surface area contributed by atoms with E-state index >= 15 is 0 Å². The summed E-state index contributed by atoms with van der Waals surface area (Å²) < 4.78 is 10.6. The minimum absolute atomic E-state index is 0.163. The van der Waals surface area contributed by atoms with Crippen LogP contribution in [0.2, 0.25) is 10.0 Å². The number of ether oxygens (including phenoxy) is 2. The van der Waals surface area contributed by atoms with Gasteiger partial charge in [0.25, 0.3) is 5.91 Å². The number of halogens is 2. The summed E-state index contributed by atoms with van der Waals surface area (Å²) in [5.74, 6) is 0.712. The molecule has 0 radical (unpaired) electrons. The number of anilines is 1. The van der Waals surface area contributed by atoms with Crippen molar-refractivity contribution in [3.8, 4) is 11.5 Å². The Morgan fingerprint density at radius 1 is 1.14 bits per heavy atom. The van der Waals surface area contributed by atoms with Gasteiger partial charge in [-0.1, -0.05) is 35.3 Å². The number of benzene rings is 2. The van der Waals surface area contributed by atoms with E-state index in [1.54, 1.807) is 36.4 Å². The van der Waals surface area contributed by atoms with E-state index in [4.69, 9.17) is 32.7 Å². The van der Waals surface area contributed by atoms with Crippen molar-refractivity contribution < 1.29 is 14.3 Å². The molecule has 0 fully saturated rings. The first-order valence-corrected chi connectivity index (χ1v) is 6.86. The van der Waals surface area contributed by atoms with Crippen molar-refractivity contribution in [3.63, 3.8) is 0 Å². The average molecular weight is 326 g/mol. The first-order chi connectivity index (χ1) is 10.1. The van der Waals surface area contributed by atoms with Crippen LogP contribution in [0, 0.1) is 0 Å². The predicted octanol–water partition coefficient (Wildman–Crippen LogP) is 4.02. The minimum Gasteiger partial charge on any atom is -0.493 e. The fourth-order valence-electron chi connectivity index (χ4n) is 1.66. The number of rotatable bonds is 5. The summed E-state index contributed by atoms with van der Waals surface area (Å²) in [5.41, 5.74) is 0.442. The van der Waals surface area contributed by atoms with Crippen molar-refractivity contribution in [2.75, 3.05) is 19.0 Å². The molecule has 0 saturated heterocycles. The fraction of sp³-hybridized carbons (Fsp3) is 0.133. The van der Waals surface area contributed by atoms with Crippen LogP contribution in [0.4, 0.5) is 5.69 Å². The molecule has 2 aromatic carbocycles. The van der Waals surface area contributed by atoms with Crippen molar-refractivity contribution in [1.82, 2.24) is 0 Å². The number of methoxy groups -OCH3 is 1. The van der Waals surface area contributed by atoms with E-state index in [1.165, 1.54) is 7.11 Å². The molecule has 0 aliphatic heterocycles. The van der Waals surface area contributed by atoms with Crippen LogP contribution in [-0.2, 0) is 4.79 Å². The molecule has 0 spiro atoms. The summed E-state index contributed by atoms with van der Waals surface area (Å²) in [6.45, 7) is -0.163. The second-order valence-corrected chi connectivity index (χ2v) is 4.96. The van der Waals surface area contributed by atoms with E-state index in [-0.39, 0.29) is 12.5 Å². The Labute approximate surface area is 132 Å². The highest BCUT2D eigenvalue weighted by Gasteiger charge is 2.09. The molecule has 2 rings (SSSR count). The summed E-state index contributed by atoms with van der Waals surface area (Å²) >= 11 is 11.8. The number of hydrogen-bond donors (Lipinski definition) is 1. The van der Waals surface area contributed by atoms with E-state index in [0.29, 0.717) is 27.2 Å². The molecule has 0 aliphatic carbocycles. The Balaban J connectivity index is 1.97. The zero-order chi connectivity index (χ0) is 15.2. The van der Waals surface area contributed by atoms with Gasteiger partial charge in [0.05, 0.1) is 17.8 Å². The van der Waals surface area contributed by atoms with Gasteiger partial charge in [-0.05, 0) is 30.3 Å². The molecule has 21 heavy (non-hydrogen) atoms. The normalized spacial score (nSPS) is 10.0. The molecule has 0 saturated carbocycles. The Morgan fingerprint density at radius 2 is 1.86 bits per heavy atom. The molecule has 110 valence electrons. The van der Waals surface area contributed by atoms with Gasteiger partial charge in [-0.2, -0.15) is 0 Å². The maximum atomic E-state index is 11.9. The lowest BCUT2D eigenvalue weighted by Crippen LogP contribution is -2.20. The van der Waals surface area contributed by atoms with Crippen molar-refractivity contribution in [1.29, 1.82) is 0 Å². The lowest BCUT2D eigenvalue weighted by atomic mass is 10.3. The van der Waals surface area contributed by atoms with Crippen LogP contribution < -0.4 is 14.8 Å². The SMILES string of the molecule is COc1ccccc1OCC(=O)Nc1cc(Cl)ccc1Cl. The van der Waals surface area contributed by atoms with Gasteiger partial charge < -0.3 is 14.8 Å². The molecule has 0 aromatic heterocycles. The maximum absolute atomic E-state index is 11.9. The lowest BCUT2D eigenvalue weighted by Gasteiger charge is -2.11. The van der Waals surface area contributed by atoms with Crippen molar-refractivity contribution in [2.45, 2.75) is 0 Å². The van der Waals surface area contributed by atoms with Crippen molar-refractivity contribution in [2.24, 2.45) is 0 Å². The number of nitrogens with one attached hydrogen (secondary N) is 1. The summed E-state index contributed by atoms with van der Waals surface area (Å²) in [7, 11) is 1.54. The third-order valence-corrected chi connectivity index (χ3v) is 3.20. The highest BCUT2D eigenvalue weighted by Crippen LogP contribution is 2.27. The summed E-state index contributed by atoms with van der Waals surface area (Å²) in [4.78, 5) is 11.9. The van der Waals surface area contributed by atoms with Gasteiger partial charge in [0, 0.05) is 5.02 Å². The molecular formula is C15H13Cl2NO3. The molecular weight excluding hydrogens is 313 g/mol. The van der Waals surface area contributed by atoms with Crippen LogP contribution in [0.3, 0.4) is 0 Å². The van der Waals surface area contributed by atoms with Crippen LogP contribution in [0.5, 0.6) is 11.5 Å². The number of carbonyl (C=O) groups is 1. The van der Waals surface area contributed by atoms with E-state index in [1.807, 2.05) is 6.07 Å². The molecule has 0 bridgehead atoms. The Hall–Kier alpha value is -1.91. The lowest BCUT2D eigenvalue weighted by molar-refractivity contribution is -0.118. The fourth-order valence-corrected chi connectivity index (χ4v) is 2.00. The van der Waals surface area contributed by atoms with Crippen LogP contribution in [-0.4, -0.2) is 19.6 Å². The zero-order valence-corrected chi connectivity index (χ0v) is 12.7. The first-order valence-electron chi connectivity index (χ1n) is 6.11. The third kappa shape index (κ3) is 4.28. The first kappa shape index (κ1) is 15.5. The van der Waals surface area contributed by atoms with Crippen molar-refractivity contribution >= 4 is 34.8 Å². The van der Waals surface area contributed by atoms with Crippen molar-refractivity contribution in [3.05, 3.63) is 52.5 Å². The van der Waals surface area contributed by atoms with Gasteiger partial charge >= 0.3 is 0 Å². The topological polar surface area (TPSA) is 47.6 Å². The predicted molar refractivity (Wildman–Crippen MR) is 83.6 cm³/mol. The monoisotopic (exact) mass is 325 g/mol. The van der Waals surface area contributed by atoms with Gasteiger partial charge in [-0.25, -0.2) is 0 Å². The van der Waals surface area contributed by atoms with Gasteiger partial charge in [-0.3, -0.25) is 4.79 Å². The second-order valence-electron chi connectivity index (χ2n) is 4.11. The Morgan fingerprint density at radius 3 is 2.57 bits per heavy atom. The summed E-state index contributed by atoms with van der Waals surface area (Å²) in [5, 5.41) is 3.53. The Kier molecular flexibility index (Phi) is 5.31. The van der Waals surface area contributed by atoms with E-state index in [9.17, 15) is 4.79 Å². The van der Waals surface area contributed by atoms with Gasteiger partial charge in [-0.15, -0.1) is 0 Å². The standard InChI is InChI=1S/C15H13Cl2NO3/c1-20-13-4-2-3-5-14(13)21-9-15(19)18-12-8-10(16)6-7-11(12)17/h2-8H,9H2,1H3,(H,18,19). The van der Waals surface area contributed by atoms with Crippen LogP contribution in [0.15, 0.2) is 42.5 Å². The molecule has 0 aliphatic rings. The number of carbonyl (C=O) groups excluding carboxylic acids is 1. The minimum atomic E-state index is -0.343. The van der Waals surface area contributed by atoms with E-state index in [2.05, 4.69) is 5.32 Å². The molecule has 2 aromatic rings. The highest BCUT2D eigenvalue weighted by molar-refractivity contribution is 6.35. The summed E-state index contributed by atoms with van der Waals surface area (Å²) in [6, 6.07) is 11.9. The Bertz CT molecular complexity index is 647. The van der Waals surface area contributed by atoms with E-state index < -0.39 is 0 Å². The van der Waals surface area contributed by atoms with Gasteiger partial charge in [0.2, 0.25) is 0 Å². The quantitative estimate of drug-likeness (QED) is 0.903. The number of hydrogen-bond acceptors (Lipinski definition) is 3. The summed E-state index contributed by atoms with van der Waals surface area (Å²) in [6.07, 6.45) is 0. The molecule has 1 N–H and O–H groups in total. The molecule has 0 atom stereocenters. The highest BCUT2D eigenvalue weighted by atomic mass is 35.5. The van der Waals surface area contributed by atoms with E-state index in [0.717, 1.165) is 0 Å². The third-order valence-electron chi connectivity index (χ3n) is 2.63.